The molecule has 0 aliphatic rings. The van der Waals surface area contributed by atoms with E-state index in [1.165, 1.54) is 11.3 Å². The number of nitrogens with one attached hydrogen (secondary N) is 2. The van der Waals surface area contributed by atoms with E-state index in [0.717, 1.165) is 16.5 Å². The number of aromatic amines is 1. The van der Waals surface area contributed by atoms with Crippen LogP contribution in [0.25, 0.3) is 22.2 Å². The van der Waals surface area contributed by atoms with Crippen molar-refractivity contribution < 1.29 is 9.59 Å². The van der Waals surface area contributed by atoms with E-state index in [9.17, 15) is 9.59 Å². The summed E-state index contributed by atoms with van der Waals surface area (Å²) in [5.74, 6) is -0.622. The second-order valence-corrected chi connectivity index (χ2v) is 6.93. The average Bonchev–Trinajstić information content (AvgIpc) is 3.39. The van der Waals surface area contributed by atoms with E-state index < -0.39 is 5.91 Å². The number of anilines is 1. The number of hydrogen-bond donors (Lipinski definition) is 3. The number of aryl methyl sites for hydroxylation is 1. The highest BCUT2D eigenvalue weighted by Crippen LogP contribution is 2.25. The maximum Gasteiger partial charge on any atom is 0.265 e. The van der Waals surface area contributed by atoms with Crippen LogP contribution in [0.15, 0.2) is 54.2 Å². The second-order valence-electron chi connectivity index (χ2n) is 6.07. The summed E-state index contributed by atoms with van der Waals surface area (Å²) in [5.41, 5.74) is 8.10. The molecule has 8 heteroatoms. The molecule has 1 aromatic carbocycles. The summed E-state index contributed by atoms with van der Waals surface area (Å²) in [4.78, 5) is 30.6. The van der Waals surface area contributed by atoms with Gasteiger partial charge < -0.3 is 20.6 Å². The molecule has 0 spiro atoms. The topological polar surface area (TPSA) is 106 Å². The number of hydrogen-bond acceptors (Lipinski definition) is 4. The zero-order valence-corrected chi connectivity index (χ0v) is 15.1. The van der Waals surface area contributed by atoms with Gasteiger partial charge in [0.15, 0.2) is 5.13 Å². The summed E-state index contributed by atoms with van der Waals surface area (Å²) < 4.78 is 2.06. The molecule has 0 bridgehead atoms. The molecule has 4 aromatic rings. The number of benzene rings is 1. The number of nitrogens with zero attached hydrogens (tertiary/aromatic N) is 2. The third-order valence-corrected chi connectivity index (χ3v) is 5.01. The van der Waals surface area contributed by atoms with Crippen LogP contribution in [0.5, 0.6) is 0 Å². The van der Waals surface area contributed by atoms with Gasteiger partial charge in [0, 0.05) is 41.8 Å². The van der Waals surface area contributed by atoms with Gasteiger partial charge in [-0.2, -0.15) is 0 Å². The number of amides is 2. The average molecular weight is 379 g/mol. The van der Waals surface area contributed by atoms with Crippen molar-refractivity contribution in [1.29, 1.82) is 0 Å². The fourth-order valence-corrected chi connectivity index (χ4v) is 3.62. The van der Waals surface area contributed by atoms with Crippen molar-refractivity contribution in [3.05, 3.63) is 59.9 Å². The van der Waals surface area contributed by atoms with Crippen molar-refractivity contribution in [1.82, 2.24) is 14.5 Å². The number of rotatable bonds is 6. The minimum Gasteiger partial charge on any atom is -0.364 e. The van der Waals surface area contributed by atoms with Gasteiger partial charge in [0.05, 0.1) is 5.69 Å². The number of primary amides is 1. The van der Waals surface area contributed by atoms with Gasteiger partial charge in [-0.1, -0.05) is 18.2 Å². The van der Waals surface area contributed by atoms with Crippen LogP contribution in [-0.4, -0.2) is 26.3 Å². The van der Waals surface area contributed by atoms with Crippen molar-refractivity contribution in [3.8, 4) is 11.3 Å². The molecule has 0 atom stereocenters. The lowest BCUT2D eigenvalue weighted by atomic mass is 10.2. The molecule has 27 heavy (non-hydrogen) atoms. The predicted octanol–water partition coefficient (Wildman–Crippen LogP) is 3.22. The van der Waals surface area contributed by atoms with E-state index in [0.29, 0.717) is 29.5 Å². The molecule has 0 aliphatic carbocycles. The Morgan fingerprint density at radius 2 is 2.11 bits per heavy atom. The summed E-state index contributed by atoms with van der Waals surface area (Å²) in [5, 5.41) is 6.33. The minimum atomic E-state index is -0.525. The largest absolute Gasteiger partial charge is 0.364 e. The molecule has 0 saturated heterocycles. The number of H-pyrrole nitrogens is 1. The molecule has 3 aromatic heterocycles. The number of carbonyl (C=O) groups excluding carboxylic acids is 2. The molecule has 3 heterocycles. The van der Waals surface area contributed by atoms with Gasteiger partial charge in [0.2, 0.25) is 5.91 Å². The van der Waals surface area contributed by atoms with Crippen LogP contribution >= 0.6 is 11.3 Å². The van der Waals surface area contributed by atoms with Crippen LogP contribution in [0.3, 0.4) is 0 Å². The monoisotopic (exact) mass is 379 g/mol. The number of thiazole rings is 1. The maximum absolute atomic E-state index is 12.3. The van der Waals surface area contributed by atoms with E-state index in [-0.39, 0.29) is 5.91 Å². The normalized spacial score (nSPS) is 11.0. The lowest BCUT2D eigenvalue weighted by molar-refractivity contribution is -0.116. The van der Waals surface area contributed by atoms with Crippen LogP contribution in [0, 0.1) is 0 Å². The van der Waals surface area contributed by atoms with Crippen molar-refractivity contribution in [2.75, 3.05) is 5.32 Å². The first-order valence-electron chi connectivity index (χ1n) is 8.38. The highest BCUT2D eigenvalue weighted by Gasteiger charge is 2.11. The van der Waals surface area contributed by atoms with Gasteiger partial charge >= 0.3 is 0 Å². The Kier molecular flexibility index (Phi) is 4.47. The summed E-state index contributed by atoms with van der Waals surface area (Å²) in [6, 6.07) is 11.7. The van der Waals surface area contributed by atoms with Gasteiger partial charge in [-0.3, -0.25) is 9.59 Å². The van der Waals surface area contributed by atoms with Gasteiger partial charge in [0.25, 0.3) is 5.91 Å². The van der Waals surface area contributed by atoms with Gasteiger partial charge in [-0.25, -0.2) is 4.98 Å². The maximum atomic E-state index is 12.3. The lowest BCUT2D eigenvalue weighted by Crippen LogP contribution is -2.14. The molecule has 136 valence electrons. The summed E-state index contributed by atoms with van der Waals surface area (Å²) in [6.07, 6.45) is 4.00. The van der Waals surface area contributed by atoms with Crippen LogP contribution in [0.4, 0.5) is 5.13 Å². The Balaban J connectivity index is 1.38. The number of carbonyl (C=O) groups is 2. The van der Waals surface area contributed by atoms with E-state index in [1.54, 1.807) is 12.3 Å². The molecule has 0 unspecified atom stereocenters. The first-order chi connectivity index (χ1) is 13.1. The van der Waals surface area contributed by atoms with Crippen LogP contribution in [-0.2, 0) is 11.3 Å². The smallest absolute Gasteiger partial charge is 0.265 e. The minimum absolute atomic E-state index is 0.0967. The summed E-state index contributed by atoms with van der Waals surface area (Å²) in [6.45, 7) is 0.595. The van der Waals surface area contributed by atoms with E-state index in [4.69, 9.17) is 5.73 Å². The molecular weight excluding hydrogens is 362 g/mol. The zero-order valence-electron chi connectivity index (χ0n) is 14.3. The van der Waals surface area contributed by atoms with Gasteiger partial charge in [0.1, 0.15) is 5.69 Å². The van der Waals surface area contributed by atoms with Crippen molar-refractivity contribution in [2.24, 2.45) is 5.73 Å². The predicted molar refractivity (Wildman–Crippen MR) is 106 cm³/mol. The molecule has 2 amide bonds. The third kappa shape index (κ3) is 3.61. The Labute approximate surface area is 158 Å². The van der Waals surface area contributed by atoms with E-state index in [2.05, 4.69) is 19.9 Å². The molecule has 0 fully saturated rings. The number of fused-ring (bicyclic) bond motifs is 1. The molecule has 0 aliphatic heterocycles. The van der Waals surface area contributed by atoms with E-state index >= 15 is 0 Å². The van der Waals surface area contributed by atoms with Gasteiger partial charge in [-0.05, 0) is 23.6 Å². The quantitative estimate of drug-likeness (QED) is 0.479. The van der Waals surface area contributed by atoms with Crippen molar-refractivity contribution >= 4 is 39.2 Å². The van der Waals surface area contributed by atoms with Crippen LogP contribution in [0.2, 0.25) is 0 Å². The van der Waals surface area contributed by atoms with Gasteiger partial charge in [-0.15, -0.1) is 11.3 Å². The SMILES string of the molecule is NC(=O)c1cc(-c2csc(NC(=O)CCn3ccc4ccccc43)n2)c[nH]1. The first kappa shape index (κ1) is 17.0. The third-order valence-electron chi connectivity index (χ3n) is 4.25. The summed E-state index contributed by atoms with van der Waals surface area (Å²) >= 11 is 1.34. The molecule has 4 N–H and O–H groups in total. The highest BCUT2D eigenvalue weighted by molar-refractivity contribution is 7.14. The first-order valence-corrected chi connectivity index (χ1v) is 9.26. The Bertz CT molecular complexity index is 1120. The Hall–Kier alpha value is -3.39. The summed E-state index contributed by atoms with van der Waals surface area (Å²) in [7, 11) is 0. The molecule has 0 radical (unpaired) electrons. The van der Waals surface area contributed by atoms with E-state index in [1.807, 2.05) is 41.9 Å². The number of aromatic nitrogens is 3. The fourth-order valence-electron chi connectivity index (χ4n) is 2.89. The van der Waals surface area contributed by atoms with Crippen LogP contribution < -0.4 is 11.1 Å². The molecular formula is C19H17N5O2S. The fraction of sp³-hybridized carbons (Fsp3) is 0.105. The lowest BCUT2D eigenvalue weighted by Gasteiger charge is -2.05. The molecule has 0 saturated carbocycles. The second kappa shape index (κ2) is 7.08. The van der Waals surface area contributed by atoms with Crippen LogP contribution in [0.1, 0.15) is 16.9 Å². The van der Waals surface area contributed by atoms with Crippen molar-refractivity contribution in [3.63, 3.8) is 0 Å². The highest BCUT2D eigenvalue weighted by atomic mass is 32.1. The Morgan fingerprint density at radius 3 is 2.93 bits per heavy atom. The zero-order chi connectivity index (χ0) is 18.8. The van der Waals surface area contributed by atoms with Crippen molar-refractivity contribution in [2.45, 2.75) is 13.0 Å². The molecule has 7 nitrogen and oxygen atoms in total. The standard InChI is InChI=1S/C19H17N5O2S/c20-18(26)14-9-13(10-21-14)15-11-27-19(22-15)23-17(25)6-8-24-7-5-12-3-1-2-4-16(12)24/h1-5,7,9-11,21H,6,8H2,(H2,20,26)(H,22,23,25). The Morgan fingerprint density at radius 1 is 1.26 bits per heavy atom. The number of nitrogens with two attached hydrogens (primary N) is 1. The number of para-hydroxylation sites is 1. The molecule has 4 rings (SSSR count).